The van der Waals surface area contributed by atoms with Gasteiger partial charge in [-0.1, -0.05) is 0 Å². The second kappa shape index (κ2) is 5.01. The number of likely N-dealkylation sites (tertiary alicyclic amines) is 1. The Morgan fingerprint density at radius 3 is 3.19 bits per heavy atom. The summed E-state index contributed by atoms with van der Waals surface area (Å²) in [4.78, 5) is 13.4. The van der Waals surface area contributed by atoms with Crippen LogP contribution in [0.25, 0.3) is 0 Å². The van der Waals surface area contributed by atoms with Gasteiger partial charge >= 0.3 is 6.09 Å². The van der Waals surface area contributed by atoms with Gasteiger partial charge in [-0.15, -0.1) is 0 Å². The molecule has 0 aliphatic carbocycles. The number of carbonyl (C=O) groups excluding carboxylic acids is 1. The first kappa shape index (κ1) is 11.0. The Kier molecular flexibility index (Phi) is 3.44. The molecule has 1 saturated heterocycles. The molecule has 1 amide bonds. The molecule has 2 heterocycles. The molecule has 0 saturated carbocycles. The van der Waals surface area contributed by atoms with Gasteiger partial charge in [0.1, 0.15) is 0 Å². The fourth-order valence-corrected chi connectivity index (χ4v) is 2.05. The van der Waals surface area contributed by atoms with Crippen LogP contribution in [0, 0.1) is 0 Å². The normalized spacial score (nSPS) is 20.8. The van der Waals surface area contributed by atoms with E-state index in [0.29, 0.717) is 13.2 Å². The molecule has 5 heteroatoms. The largest absolute Gasteiger partial charge is 0.450 e. The maximum absolute atomic E-state index is 11.6. The molecule has 0 aromatic carbocycles. The van der Waals surface area contributed by atoms with Gasteiger partial charge in [0.05, 0.1) is 12.6 Å². The second-order valence-corrected chi connectivity index (χ2v) is 3.93. The molecule has 88 valence electrons. The molecule has 1 unspecified atom stereocenters. The summed E-state index contributed by atoms with van der Waals surface area (Å²) >= 11 is 0. The highest BCUT2D eigenvalue weighted by atomic mass is 16.6. The summed E-state index contributed by atoms with van der Waals surface area (Å²) in [6, 6.07) is 2.19. The van der Waals surface area contributed by atoms with Crippen LogP contribution in [-0.2, 0) is 4.74 Å². The Hall–Kier alpha value is -1.52. The molecule has 16 heavy (non-hydrogen) atoms. The third-order valence-electron chi connectivity index (χ3n) is 2.82. The Bertz CT molecular complexity index is 337. The molecule has 0 radical (unpaired) electrons. The van der Waals surface area contributed by atoms with E-state index in [-0.39, 0.29) is 12.1 Å². The lowest BCUT2D eigenvalue weighted by molar-refractivity contribution is 0.0880. The molecule has 0 N–H and O–H groups in total. The van der Waals surface area contributed by atoms with E-state index in [1.807, 2.05) is 23.9 Å². The average Bonchev–Trinajstić information content (AvgIpc) is 2.83. The minimum atomic E-state index is -0.209. The smallest absolute Gasteiger partial charge is 0.409 e. The highest BCUT2D eigenvalue weighted by Gasteiger charge is 2.25. The summed E-state index contributed by atoms with van der Waals surface area (Å²) in [5.74, 6) is 0. The third-order valence-corrected chi connectivity index (χ3v) is 2.82. The van der Waals surface area contributed by atoms with E-state index >= 15 is 0 Å². The average molecular weight is 223 g/mol. The summed E-state index contributed by atoms with van der Waals surface area (Å²) in [7, 11) is 0. The Labute approximate surface area is 95.0 Å². The Morgan fingerprint density at radius 1 is 1.62 bits per heavy atom. The minimum Gasteiger partial charge on any atom is -0.450 e. The van der Waals surface area contributed by atoms with E-state index in [9.17, 15) is 4.79 Å². The van der Waals surface area contributed by atoms with E-state index in [0.717, 1.165) is 19.4 Å². The number of nitrogens with zero attached hydrogens (tertiary/aromatic N) is 3. The zero-order valence-corrected chi connectivity index (χ0v) is 9.50. The van der Waals surface area contributed by atoms with Gasteiger partial charge in [-0.2, -0.15) is 5.10 Å². The van der Waals surface area contributed by atoms with Crippen LogP contribution in [0.4, 0.5) is 4.79 Å². The maximum Gasteiger partial charge on any atom is 0.409 e. The summed E-state index contributed by atoms with van der Waals surface area (Å²) in [5, 5.41) is 4.22. The minimum absolute atomic E-state index is 0.209. The van der Waals surface area contributed by atoms with Gasteiger partial charge < -0.3 is 9.64 Å². The Morgan fingerprint density at radius 2 is 2.50 bits per heavy atom. The number of piperidine rings is 1. The monoisotopic (exact) mass is 223 g/mol. The van der Waals surface area contributed by atoms with Crippen LogP contribution in [0.5, 0.6) is 0 Å². The molecule has 0 spiro atoms. The van der Waals surface area contributed by atoms with Gasteiger partial charge in [0.15, 0.2) is 0 Å². The number of aromatic nitrogens is 2. The van der Waals surface area contributed by atoms with Crippen LogP contribution in [0.15, 0.2) is 18.5 Å². The summed E-state index contributed by atoms with van der Waals surface area (Å²) in [6.07, 6.45) is 5.57. The standard InChI is InChI=1S/C11H17N3O2/c1-2-16-11(15)13-7-3-5-10(9-13)14-8-4-6-12-14/h4,6,8,10H,2-3,5,7,9H2,1H3. The number of ether oxygens (including phenoxy) is 1. The molecule has 5 nitrogen and oxygen atoms in total. The van der Waals surface area contributed by atoms with Crippen LogP contribution in [0.3, 0.4) is 0 Å². The zero-order chi connectivity index (χ0) is 11.4. The fourth-order valence-electron chi connectivity index (χ4n) is 2.05. The third kappa shape index (κ3) is 2.35. The summed E-state index contributed by atoms with van der Waals surface area (Å²) in [5.41, 5.74) is 0. The van der Waals surface area contributed by atoms with Crippen molar-refractivity contribution in [2.24, 2.45) is 0 Å². The SMILES string of the molecule is CCOC(=O)N1CCCC(n2cccn2)C1. The van der Waals surface area contributed by atoms with Crippen LogP contribution >= 0.6 is 0 Å². The second-order valence-electron chi connectivity index (χ2n) is 3.93. The molecular formula is C11H17N3O2. The highest BCUT2D eigenvalue weighted by molar-refractivity contribution is 5.67. The number of amides is 1. The van der Waals surface area contributed by atoms with Crippen molar-refractivity contribution in [1.29, 1.82) is 0 Å². The highest BCUT2D eigenvalue weighted by Crippen LogP contribution is 2.20. The van der Waals surface area contributed by atoms with Crippen molar-refractivity contribution in [3.05, 3.63) is 18.5 Å². The number of hydrogen-bond donors (Lipinski definition) is 0. The number of carbonyl (C=O) groups is 1. The number of hydrogen-bond acceptors (Lipinski definition) is 3. The van der Waals surface area contributed by atoms with Crippen LogP contribution in [0.1, 0.15) is 25.8 Å². The number of rotatable bonds is 2. The molecule has 1 aliphatic rings. The van der Waals surface area contributed by atoms with Crippen molar-refractivity contribution in [2.45, 2.75) is 25.8 Å². The predicted molar refractivity (Wildman–Crippen MR) is 59.1 cm³/mol. The lowest BCUT2D eigenvalue weighted by atomic mass is 10.1. The van der Waals surface area contributed by atoms with Gasteiger partial charge in [0.25, 0.3) is 0 Å². The molecule has 0 bridgehead atoms. The molecule has 1 atom stereocenters. The molecule has 1 aliphatic heterocycles. The summed E-state index contributed by atoms with van der Waals surface area (Å²) < 4.78 is 6.93. The van der Waals surface area contributed by atoms with E-state index < -0.39 is 0 Å². The van der Waals surface area contributed by atoms with Crippen LogP contribution < -0.4 is 0 Å². The van der Waals surface area contributed by atoms with E-state index in [2.05, 4.69) is 5.10 Å². The van der Waals surface area contributed by atoms with Crippen LogP contribution in [0.2, 0.25) is 0 Å². The van der Waals surface area contributed by atoms with Gasteiger partial charge in [0, 0.05) is 25.5 Å². The van der Waals surface area contributed by atoms with Gasteiger partial charge in [0.2, 0.25) is 0 Å². The van der Waals surface area contributed by atoms with Gasteiger partial charge in [-0.05, 0) is 25.8 Å². The van der Waals surface area contributed by atoms with Gasteiger partial charge in [-0.3, -0.25) is 4.68 Å². The van der Waals surface area contributed by atoms with Crippen molar-refractivity contribution < 1.29 is 9.53 Å². The molecular weight excluding hydrogens is 206 g/mol. The van der Waals surface area contributed by atoms with E-state index in [1.165, 1.54) is 0 Å². The van der Waals surface area contributed by atoms with Crippen molar-refractivity contribution in [3.8, 4) is 0 Å². The molecule has 1 aromatic heterocycles. The fraction of sp³-hybridized carbons (Fsp3) is 0.636. The zero-order valence-electron chi connectivity index (χ0n) is 9.50. The molecule has 1 aromatic rings. The first-order chi connectivity index (χ1) is 7.81. The Balaban J connectivity index is 1.96. The lowest BCUT2D eigenvalue weighted by Gasteiger charge is -2.31. The van der Waals surface area contributed by atoms with E-state index in [1.54, 1.807) is 11.1 Å². The maximum atomic E-state index is 11.6. The molecule has 2 rings (SSSR count). The first-order valence-electron chi connectivity index (χ1n) is 5.72. The molecule has 1 fully saturated rings. The van der Waals surface area contributed by atoms with E-state index in [4.69, 9.17) is 4.74 Å². The van der Waals surface area contributed by atoms with Crippen molar-refractivity contribution in [1.82, 2.24) is 14.7 Å². The van der Waals surface area contributed by atoms with Crippen molar-refractivity contribution >= 4 is 6.09 Å². The predicted octanol–water partition coefficient (Wildman–Crippen LogP) is 1.68. The lowest BCUT2D eigenvalue weighted by Crippen LogP contribution is -2.41. The summed E-state index contributed by atoms with van der Waals surface area (Å²) in [6.45, 7) is 3.74. The van der Waals surface area contributed by atoms with Crippen LogP contribution in [-0.4, -0.2) is 40.5 Å². The topological polar surface area (TPSA) is 47.4 Å². The quantitative estimate of drug-likeness (QED) is 0.766. The van der Waals surface area contributed by atoms with Crippen molar-refractivity contribution in [2.75, 3.05) is 19.7 Å². The first-order valence-corrected chi connectivity index (χ1v) is 5.72. The van der Waals surface area contributed by atoms with Gasteiger partial charge in [-0.25, -0.2) is 4.79 Å². The van der Waals surface area contributed by atoms with Crippen molar-refractivity contribution in [3.63, 3.8) is 0 Å².